The van der Waals surface area contributed by atoms with Crippen LogP contribution in [0.15, 0.2) is 35.1 Å². The number of carbonyl (C=O) groups excluding carboxylic acids is 1. The molecule has 0 atom stereocenters. The van der Waals surface area contributed by atoms with Gasteiger partial charge in [0.05, 0.1) is 11.8 Å². The van der Waals surface area contributed by atoms with Crippen LogP contribution in [0.3, 0.4) is 0 Å². The number of aromatic amines is 1. The number of hydrogen-bond acceptors (Lipinski definition) is 2. The SMILES string of the molecule is O=C(NCc1cn[nH]c1)c1ccc(Br)c(C(F)(F)F)c1. The summed E-state index contributed by atoms with van der Waals surface area (Å²) in [7, 11) is 0. The highest BCUT2D eigenvalue weighted by Crippen LogP contribution is 2.35. The maximum atomic E-state index is 12.7. The first-order valence-electron chi connectivity index (χ1n) is 5.50. The highest BCUT2D eigenvalue weighted by Gasteiger charge is 2.33. The molecule has 0 aliphatic heterocycles. The van der Waals surface area contributed by atoms with E-state index >= 15 is 0 Å². The molecular weight excluding hydrogens is 339 g/mol. The van der Waals surface area contributed by atoms with Crippen LogP contribution in [0.25, 0.3) is 0 Å². The van der Waals surface area contributed by atoms with Crippen LogP contribution < -0.4 is 5.32 Å². The van der Waals surface area contributed by atoms with Crippen molar-refractivity contribution in [3.63, 3.8) is 0 Å². The number of hydrogen-bond donors (Lipinski definition) is 2. The van der Waals surface area contributed by atoms with Gasteiger partial charge in [0.1, 0.15) is 0 Å². The van der Waals surface area contributed by atoms with Crippen molar-refractivity contribution < 1.29 is 18.0 Å². The van der Waals surface area contributed by atoms with Gasteiger partial charge in [0.25, 0.3) is 5.91 Å². The quantitative estimate of drug-likeness (QED) is 0.896. The third-order valence-corrected chi connectivity index (χ3v) is 3.23. The van der Waals surface area contributed by atoms with Gasteiger partial charge in [0, 0.05) is 28.3 Å². The molecule has 0 bridgehead atoms. The minimum absolute atomic E-state index is 0.0518. The Labute approximate surface area is 120 Å². The summed E-state index contributed by atoms with van der Waals surface area (Å²) in [6.45, 7) is 0.187. The number of alkyl halides is 3. The van der Waals surface area contributed by atoms with Crippen molar-refractivity contribution in [1.29, 1.82) is 0 Å². The molecular formula is C12H9BrF3N3O. The summed E-state index contributed by atoms with van der Waals surface area (Å²) in [6.07, 6.45) is -1.41. The van der Waals surface area contributed by atoms with Crippen LogP contribution in [0.1, 0.15) is 21.5 Å². The Bertz CT molecular complexity index is 611. The van der Waals surface area contributed by atoms with Crippen molar-refractivity contribution in [2.75, 3.05) is 0 Å². The number of rotatable bonds is 3. The molecule has 0 aliphatic rings. The molecule has 0 fully saturated rings. The zero-order chi connectivity index (χ0) is 14.8. The number of amides is 1. The molecule has 2 N–H and O–H groups in total. The van der Waals surface area contributed by atoms with Crippen LogP contribution in [-0.2, 0) is 12.7 Å². The van der Waals surface area contributed by atoms with E-state index in [0.717, 1.165) is 11.6 Å². The van der Waals surface area contributed by atoms with E-state index in [1.54, 1.807) is 6.20 Å². The molecule has 0 unspecified atom stereocenters. The number of aromatic nitrogens is 2. The van der Waals surface area contributed by atoms with Gasteiger partial charge in [-0.15, -0.1) is 0 Å². The summed E-state index contributed by atoms with van der Waals surface area (Å²) in [5.41, 5.74) is -0.205. The number of benzene rings is 1. The summed E-state index contributed by atoms with van der Waals surface area (Å²) in [4.78, 5) is 11.8. The van der Waals surface area contributed by atoms with E-state index in [-0.39, 0.29) is 16.6 Å². The van der Waals surface area contributed by atoms with Gasteiger partial charge in [-0.2, -0.15) is 18.3 Å². The smallest absolute Gasteiger partial charge is 0.348 e. The molecule has 20 heavy (non-hydrogen) atoms. The van der Waals surface area contributed by atoms with Crippen molar-refractivity contribution in [2.45, 2.75) is 12.7 Å². The molecule has 1 heterocycles. The summed E-state index contributed by atoms with van der Waals surface area (Å²) in [5, 5.41) is 8.79. The lowest BCUT2D eigenvalue weighted by molar-refractivity contribution is -0.138. The first kappa shape index (κ1) is 14.6. The van der Waals surface area contributed by atoms with Gasteiger partial charge < -0.3 is 5.32 Å². The van der Waals surface area contributed by atoms with E-state index in [4.69, 9.17) is 0 Å². The van der Waals surface area contributed by atoms with Crippen LogP contribution in [0.2, 0.25) is 0 Å². The fourth-order valence-corrected chi connectivity index (χ4v) is 2.01. The van der Waals surface area contributed by atoms with Crippen LogP contribution in [-0.4, -0.2) is 16.1 Å². The van der Waals surface area contributed by atoms with Crippen molar-refractivity contribution >= 4 is 21.8 Å². The molecule has 8 heteroatoms. The molecule has 0 saturated carbocycles. The second-order valence-electron chi connectivity index (χ2n) is 3.98. The first-order chi connectivity index (χ1) is 9.38. The van der Waals surface area contributed by atoms with E-state index in [2.05, 4.69) is 31.4 Å². The summed E-state index contributed by atoms with van der Waals surface area (Å²) < 4.78 is 38.1. The number of halogens is 4. The zero-order valence-corrected chi connectivity index (χ0v) is 11.5. The highest BCUT2D eigenvalue weighted by atomic mass is 79.9. The standard InChI is InChI=1S/C12H9BrF3N3O/c13-10-2-1-8(3-9(10)12(14,15)16)11(20)17-4-7-5-18-19-6-7/h1-3,5-6H,4H2,(H,17,20)(H,18,19). The fourth-order valence-electron chi connectivity index (χ4n) is 1.54. The first-order valence-corrected chi connectivity index (χ1v) is 6.30. The maximum Gasteiger partial charge on any atom is 0.417 e. The van der Waals surface area contributed by atoms with Crippen LogP contribution >= 0.6 is 15.9 Å². The number of nitrogens with zero attached hydrogens (tertiary/aromatic N) is 1. The summed E-state index contributed by atoms with van der Waals surface area (Å²) in [6, 6.07) is 3.34. The minimum Gasteiger partial charge on any atom is -0.348 e. The number of nitrogens with one attached hydrogen (secondary N) is 2. The van der Waals surface area contributed by atoms with Gasteiger partial charge in [-0.25, -0.2) is 0 Å². The highest BCUT2D eigenvalue weighted by molar-refractivity contribution is 9.10. The Hall–Kier alpha value is -1.83. The van der Waals surface area contributed by atoms with E-state index in [1.165, 1.54) is 18.3 Å². The Kier molecular flexibility index (Phi) is 4.12. The Morgan fingerprint density at radius 3 is 2.75 bits per heavy atom. The second kappa shape index (κ2) is 5.66. The molecule has 2 aromatic rings. The van der Waals surface area contributed by atoms with Crippen molar-refractivity contribution in [2.24, 2.45) is 0 Å². The average molecular weight is 348 g/mol. The largest absolute Gasteiger partial charge is 0.417 e. The Balaban J connectivity index is 2.14. The third kappa shape index (κ3) is 3.38. The number of carbonyl (C=O) groups is 1. The van der Waals surface area contributed by atoms with E-state index in [1.807, 2.05) is 0 Å². The van der Waals surface area contributed by atoms with Crippen molar-refractivity contribution in [3.05, 3.63) is 51.8 Å². The van der Waals surface area contributed by atoms with Gasteiger partial charge >= 0.3 is 6.18 Å². The maximum absolute atomic E-state index is 12.7. The molecule has 0 saturated heterocycles. The topological polar surface area (TPSA) is 57.8 Å². The fraction of sp³-hybridized carbons (Fsp3) is 0.167. The predicted octanol–water partition coefficient (Wildman–Crippen LogP) is 3.12. The molecule has 1 amide bonds. The van der Waals surface area contributed by atoms with Crippen LogP contribution in [0.5, 0.6) is 0 Å². The lowest BCUT2D eigenvalue weighted by atomic mass is 10.1. The normalized spacial score (nSPS) is 11.4. The Morgan fingerprint density at radius 1 is 1.40 bits per heavy atom. The van der Waals surface area contributed by atoms with Gasteiger partial charge in [-0.05, 0) is 18.2 Å². The molecule has 4 nitrogen and oxygen atoms in total. The lowest BCUT2D eigenvalue weighted by Gasteiger charge is -2.11. The van der Waals surface area contributed by atoms with Crippen LogP contribution in [0.4, 0.5) is 13.2 Å². The monoisotopic (exact) mass is 347 g/mol. The van der Waals surface area contributed by atoms with Crippen molar-refractivity contribution in [1.82, 2.24) is 15.5 Å². The van der Waals surface area contributed by atoms with E-state index in [9.17, 15) is 18.0 Å². The van der Waals surface area contributed by atoms with Crippen molar-refractivity contribution in [3.8, 4) is 0 Å². The molecule has 0 radical (unpaired) electrons. The minimum atomic E-state index is -4.51. The predicted molar refractivity (Wildman–Crippen MR) is 68.9 cm³/mol. The van der Waals surface area contributed by atoms with Gasteiger partial charge in [0.2, 0.25) is 0 Å². The third-order valence-electron chi connectivity index (χ3n) is 2.54. The van der Waals surface area contributed by atoms with Gasteiger partial charge in [-0.1, -0.05) is 15.9 Å². The van der Waals surface area contributed by atoms with E-state index in [0.29, 0.717) is 0 Å². The molecule has 106 valence electrons. The van der Waals surface area contributed by atoms with E-state index < -0.39 is 17.6 Å². The zero-order valence-electron chi connectivity index (χ0n) is 9.96. The van der Waals surface area contributed by atoms with Gasteiger partial charge in [0.15, 0.2) is 0 Å². The molecule has 0 spiro atoms. The molecule has 1 aromatic carbocycles. The molecule has 2 rings (SSSR count). The lowest BCUT2D eigenvalue weighted by Crippen LogP contribution is -2.23. The number of H-pyrrole nitrogens is 1. The second-order valence-corrected chi connectivity index (χ2v) is 4.84. The average Bonchev–Trinajstić information content (AvgIpc) is 2.88. The molecule has 1 aromatic heterocycles. The van der Waals surface area contributed by atoms with Gasteiger partial charge in [-0.3, -0.25) is 9.89 Å². The summed E-state index contributed by atoms with van der Waals surface area (Å²) >= 11 is 2.82. The Morgan fingerprint density at radius 2 is 2.15 bits per heavy atom. The molecule has 0 aliphatic carbocycles. The van der Waals surface area contributed by atoms with Crippen LogP contribution in [0, 0.1) is 0 Å². The summed E-state index contributed by atoms with van der Waals surface area (Å²) in [5.74, 6) is -0.579.